The monoisotopic (exact) mass is 275 g/mol. The zero-order valence-electron chi connectivity index (χ0n) is 11.6. The van der Waals surface area contributed by atoms with Crippen LogP contribution < -0.4 is 10.5 Å². The first-order valence-electron chi connectivity index (χ1n) is 7.35. The quantitative estimate of drug-likeness (QED) is 0.882. The van der Waals surface area contributed by atoms with Crippen LogP contribution in [0.2, 0.25) is 0 Å². The minimum atomic E-state index is -0.461. The fourth-order valence-electron chi connectivity index (χ4n) is 2.64. The molecule has 1 amide bonds. The second kappa shape index (κ2) is 5.79. The first-order valence-corrected chi connectivity index (χ1v) is 7.35. The zero-order chi connectivity index (χ0) is 13.9. The van der Waals surface area contributed by atoms with Crippen molar-refractivity contribution >= 4 is 5.91 Å². The molecule has 0 spiro atoms. The smallest absolute Gasteiger partial charge is 0.250 e. The fourth-order valence-corrected chi connectivity index (χ4v) is 2.64. The number of likely N-dealkylation sites (tertiary alicyclic amines) is 1. The van der Waals surface area contributed by atoms with Crippen molar-refractivity contribution in [3.05, 3.63) is 23.9 Å². The van der Waals surface area contributed by atoms with Gasteiger partial charge in [-0.2, -0.15) is 0 Å². The topological polar surface area (TPSA) is 68.5 Å². The van der Waals surface area contributed by atoms with E-state index >= 15 is 0 Å². The molecule has 0 unspecified atom stereocenters. The number of rotatable bonds is 5. The van der Waals surface area contributed by atoms with Crippen molar-refractivity contribution in [3.8, 4) is 5.88 Å². The Kier molecular flexibility index (Phi) is 3.87. The highest BCUT2D eigenvalue weighted by Crippen LogP contribution is 2.30. The van der Waals surface area contributed by atoms with E-state index in [1.54, 1.807) is 12.1 Å². The van der Waals surface area contributed by atoms with Gasteiger partial charge in [0.15, 0.2) is 0 Å². The van der Waals surface area contributed by atoms with Gasteiger partial charge in [0.05, 0.1) is 5.56 Å². The molecule has 0 aromatic carbocycles. The van der Waals surface area contributed by atoms with E-state index in [1.165, 1.54) is 25.6 Å². The minimum absolute atomic E-state index is 0.234. The minimum Gasteiger partial charge on any atom is -0.474 e. The van der Waals surface area contributed by atoms with Gasteiger partial charge in [0.25, 0.3) is 0 Å². The molecule has 1 aromatic heterocycles. The standard InChI is InChI=1S/C15H21N3O2/c16-15(19)12-3-4-14(17-9-12)20-13-5-7-18(8-6-13)10-11-1-2-11/h3-4,9,11,13H,1-2,5-8,10H2,(H2,16,19). The van der Waals surface area contributed by atoms with E-state index in [1.807, 2.05) is 0 Å². The van der Waals surface area contributed by atoms with Gasteiger partial charge in [-0.1, -0.05) is 0 Å². The number of amides is 1. The number of primary amides is 1. The van der Waals surface area contributed by atoms with Crippen LogP contribution in [0.4, 0.5) is 0 Å². The van der Waals surface area contributed by atoms with Crippen molar-refractivity contribution in [2.45, 2.75) is 31.8 Å². The summed E-state index contributed by atoms with van der Waals surface area (Å²) in [4.78, 5) is 17.6. The number of carbonyl (C=O) groups is 1. The molecular weight excluding hydrogens is 254 g/mol. The van der Waals surface area contributed by atoms with Crippen LogP contribution in [-0.4, -0.2) is 41.5 Å². The molecule has 20 heavy (non-hydrogen) atoms. The first kappa shape index (κ1) is 13.4. The summed E-state index contributed by atoms with van der Waals surface area (Å²) in [6.45, 7) is 3.49. The summed E-state index contributed by atoms with van der Waals surface area (Å²) in [5, 5.41) is 0. The Hall–Kier alpha value is -1.62. The number of nitrogens with zero attached hydrogens (tertiary/aromatic N) is 2. The Morgan fingerprint density at radius 1 is 1.30 bits per heavy atom. The van der Waals surface area contributed by atoms with Crippen molar-refractivity contribution in [2.75, 3.05) is 19.6 Å². The summed E-state index contributed by atoms with van der Waals surface area (Å²) in [6.07, 6.45) is 6.62. The highest BCUT2D eigenvalue weighted by atomic mass is 16.5. The molecule has 2 fully saturated rings. The van der Waals surface area contributed by atoms with E-state index in [2.05, 4.69) is 9.88 Å². The Labute approximate surface area is 119 Å². The molecular formula is C15H21N3O2. The third kappa shape index (κ3) is 3.48. The third-order valence-corrected chi connectivity index (χ3v) is 4.06. The number of nitrogens with two attached hydrogens (primary N) is 1. The Morgan fingerprint density at radius 2 is 2.05 bits per heavy atom. The van der Waals surface area contributed by atoms with Crippen LogP contribution in [0.1, 0.15) is 36.0 Å². The molecule has 0 atom stereocenters. The molecule has 108 valence electrons. The SMILES string of the molecule is NC(=O)c1ccc(OC2CCN(CC3CC3)CC2)nc1. The lowest BCUT2D eigenvalue weighted by Crippen LogP contribution is -2.39. The van der Waals surface area contributed by atoms with E-state index in [-0.39, 0.29) is 6.10 Å². The van der Waals surface area contributed by atoms with Gasteiger partial charge in [-0.3, -0.25) is 4.79 Å². The van der Waals surface area contributed by atoms with Gasteiger partial charge in [0.1, 0.15) is 6.10 Å². The third-order valence-electron chi connectivity index (χ3n) is 4.06. The molecule has 2 N–H and O–H groups in total. The maximum absolute atomic E-state index is 11.0. The summed E-state index contributed by atoms with van der Waals surface area (Å²) < 4.78 is 5.87. The van der Waals surface area contributed by atoms with Crippen LogP contribution >= 0.6 is 0 Å². The molecule has 3 rings (SSSR count). The van der Waals surface area contributed by atoms with E-state index in [9.17, 15) is 4.79 Å². The molecule has 2 heterocycles. The normalized spacial score (nSPS) is 20.8. The average Bonchev–Trinajstić information content (AvgIpc) is 3.26. The van der Waals surface area contributed by atoms with E-state index in [0.717, 1.165) is 31.8 Å². The van der Waals surface area contributed by atoms with Gasteiger partial charge in [-0.15, -0.1) is 0 Å². The predicted molar refractivity (Wildman–Crippen MR) is 75.6 cm³/mol. The van der Waals surface area contributed by atoms with Gasteiger partial charge >= 0.3 is 0 Å². The molecule has 1 aromatic rings. The van der Waals surface area contributed by atoms with E-state index in [4.69, 9.17) is 10.5 Å². The van der Waals surface area contributed by atoms with E-state index < -0.39 is 5.91 Å². The summed E-state index contributed by atoms with van der Waals surface area (Å²) in [5.41, 5.74) is 5.60. The lowest BCUT2D eigenvalue weighted by Gasteiger charge is -2.31. The number of piperidine rings is 1. The van der Waals surface area contributed by atoms with Gasteiger partial charge in [0, 0.05) is 31.9 Å². The first-order chi connectivity index (χ1) is 9.70. The van der Waals surface area contributed by atoms with Crippen LogP contribution in [0, 0.1) is 5.92 Å². The summed E-state index contributed by atoms with van der Waals surface area (Å²) in [7, 11) is 0. The molecule has 5 heteroatoms. The molecule has 5 nitrogen and oxygen atoms in total. The summed E-state index contributed by atoms with van der Waals surface area (Å²) >= 11 is 0. The number of ether oxygens (including phenoxy) is 1. The average molecular weight is 275 g/mol. The highest BCUT2D eigenvalue weighted by Gasteiger charge is 2.27. The summed E-state index contributed by atoms with van der Waals surface area (Å²) in [5.74, 6) is 1.07. The van der Waals surface area contributed by atoms with Crippen molar-refractivity contribution in [1.82, 2.24) is 9.88 Å². The largest absolute Gasteiger partial charge is 0.474 e. The molecule has 2 aliphatic rings. The van der Waals surface area contributed by atoms with Crippen molar-refractivity contribution in [1.29, 1.82) is 0 Å². The summed E-state index contributed by atoms with van der Waals surface area (Å²) in [6, 6.07) is 3.38. The van der Waals surface area contributed by atoms with Gasteiger partial charge in [-0.25, -0.2) is 4.98 Å². The van der Waals surface area contributed by atoms with Gasteiger partial charge < -0.3 is 15.4 Å². The zero-order valence-corrected chi connectivity index (χ0v) is 11.6. The maximum Gasteiger partial charge on any atom is 0.250 e. The Bertz CT molecular complexity index is 463. The van der Waals surface area contributed by atoms with Crippen molar-refractivity contribution in [2.24, 2.45) is 11.7 Å². The van der Waals surface area contributed by atoms with Crippen LogP contribution in [-0.2, 0) is 0 Å². The second-order valence-corrected chi connectivity index (χ2v) is 5.81. The number of hydrogen-bond acceptors (Lipinski definition) is 4. The highest BCUT2D eigenvalue weighted by molar-refractivity contribution is 5.92. The fraction of sp³-hybridized carbons (Fsp3) is 0.600. The van der Waals surface area contributed by atoms with Crippen LogP contribution in [0.15, 0.2) is 18.3 Å². The molecule has 1 aliphatic heterocycles. The number of carbonyl (C=O) groups excluding carboxylic acids is 1. The number of pyridine rings is 1. The Morgan fingerprint density at radius 3 is 2.60 bits per heavy atom. The molecule has 0 radical (unpaired) electrons. The molecule has 1 aliphatic carbocycles. The number of hydrogen-bond donors (Lipinski definition) is 1. The maximum atomic E-state index is 11.0. The lowest BCUT2D eigenvalue weighted by atomic mass is 10.1. The van der Waals surface area contributed by atoms with Crippen LogP contribution in [0.5, 0.6) is 5.88 Å². The van der Waals surface area contributed by atoms with Gasteiger partial charge in [0.2, 0.25) is 11.8 Å². The van der Waals surface area contributed by atoms with Crippen LogP contribution in [0.3, 0.4) is 0 Å². The Balaban J connectivity index is 1.47. The van der Waals surface area contributed by atoms with Crippen molar-refractivity contribution < 1.29 is 9.53 Å². The van der Waals surface area contributed by atoms with Crippen LogP contribution in [0.25, 0.3) is 0 Å². The number of aromatic nitrogens is 1. The molecule has 1 saturated carbocycles. The molecule has 0 bridgehead atoms. The molecule has 1 saturated heterocycles. The second-order valence-electron chi connectivity index (χ2n) is 5.81. The lowest BCUT2D eigenvalue weighted by molar-refractivity contribution is 0.0942. The van der Waals surface area contributed by atoms with E-state index in [0.29, 0.717) is 11.4 Å². The van der Waals surface area contributed by atoms with Crippen molar-refractivity contribution in [3.63, 3.8) is 0 Å². The van der Waals surface area contributed by atoms with Gasteiger partial charge in [-0.05, 0) is 37.7 Å². The predicted octanol–water partition coefficient (Wildman–Crippen LogP) is 1.43.